The van der Waals surface area contributed by atoms with Crippen molar-refractivity contribution in [3.63, 3.8) is 0 Å². The summed E-state index contributed by atoms with van der Waals surface area (Å²) in [6.45, 7) is 0. The molecule has 1 aliphatic rings. The smallest absolute Gasteiger partial charge is 0.266 e. The molecule has 0 unspecified atom stereocenters. The molecule has 0 aliphatic carbocycles. The fourth-order valence-electron chi connectivity index (χ4n) is 3.37. The van der Waals surface area contributed by atoms with Gasteiger partial charge in [-0.2, -0.15) is 0 Å². The van der Waals surface area contributed by atoms with Crippen molar-refractivity contribution in [1.29, 1.82) is 0 Å². The molecular weight excluding hydrogens is 481 g/mol. The number of carbonyl (C=O) groups is 1. The second-order valence-corrected chi connectivity index (χ2v) is 9.71. The summed E-state index contributed by atoms with van der Waals surface area (Å²) in [6, 6.07) is 21.1. The molecule has 5 rings (SSSR count). The number of hydrogen-bond acceptors (Lipinski definition) is 5. The zero-order valence-corrected chi connectivity index (χ0v) is 19.9. The highest BCUT2D eigenvalue weighted by Gasteiger charge is 2.34. The van der Waals surface area contributed by atoms with Crippen molar-refractivity contribution >= 4 is 79.5 Å². The second-order valence-electron chi connectivity index (χ2n) is 6.98. The molecule has 158 valence electrons. The van der Waals surface area contributed by atoms with Gasteiger partial charge in [0.1, 0.15) is 17.0 Å². The lowest BCUT2D eigenvalue weighted by Crippen LogP contribution is -2.32. The van der Waals surface area contributed by atoms with Gasteiger partial charge in [0.2, 0.25) is 0 Å². The summed E-state index contributed by atoms with van der Waals surface area (Å²) in [6.07, 6.45) is 3.83. The first-order valence-corrected chi connectivity index (χ1v) is 12.4. The molecule has 0 saturated heterocycles. The summed E-state index contributed by atoms with van der Waals surface area (Å²) in [5.41, 5.74) is 2.69. The molecule has 2 heterocycles. The van der Waals surface area contributed by atoms with Crippen molar-refractivity contribution < 1.29 is 4.79 Å². The Morgan fingerprint density at radius 1 is 1.03 bits per heavy atom. The third-order valence-electron chi connectivity index (χ3n) is 4.90. The van der Waals surface area contributed by atoms with E-state index in [1.165, 1.54) is 11.3 Å². The van der Waals surface area contributed by atoms with Crippen LogP contribution in [0.5, 0.6) is 0 Å². The van der Waals surface area contributed by atoms with E-state index in [2.05, 4.69) is 4.98 Å². The Labute approximate surface area is 203 Å². The van der Waals surface area contributed by atoms with Gasteiger partial charge >= 0.3 is 0 Å². The minimum atomic E-state index is -0.237. The molecule has 32 heavy (non-hydrogen) atoms. The molecule has 0 N–H and O–H groups in total. The SMILES string of the molecule is CSc1ccc(/C=C2\N=C(c3ccccc3)N(c3nc4c(Cl)cc(Cl)cc4s3)C2=O)cc1. The number of aliphatic imine (C=N–C) groups is 1. The highest BCUT2D eigenvalue weighted by atomic mass is 35.5. The third-order valence-corrected chi connectivity index (χ3v) is 7.14. The van der Waals surface area contributed by atoms with Crippen LogP contribution in [0.4, 0.5) is 5.13 Å². The van der Waals surface area contributed by atoms with E-state index in [0.717, 1.165) is 20.7 Å². The van der Waals surface area contributed by atoms with Gasteiger partial charge in [-0.25, -0.2) is 14.9 Å². The van der Waals surface area contributed by atoms with Gasteiger partial charge in [0.25, 0.3) is 5.91 Å². The summed E-state index contributed by atoms with van der Waals surface area (Å²) in [5, 5.41) is 1.47. The average Bonchev–Trinajstić information content (AvgIpc) is 3.36. The van der Waals surface area contributed by atoms with Crippen LogP contribution < -0.4 is 4.90 Å². The van der Waals surface area contributed by atoms with Crippen LogP contribution in [0.3, 0.4) is 0 Å². The minimum absolute atomic E-state index is 0.237. The van der Waals surface area contributed by atoms with Gasteiger partial charge in [-0.3, -0.25) is 4.79 Å². The first-order chi connectivity index (χ1) is 15.5. The lowest BCUT2D eigenvalue weighted by molar-refractivity contribution is -0.113. The number of fused-ring (bicyclic) bond motifs is 1. The van der Waals surface area contributed by atoms with Crippen molar-refractivity contribution in [2.24, 2.45) is 4.99 Å². The van der Waals surface area contributed by atoms with Gasteiger partial charge in [-0.05, 0) is 42.2 Å². The molecule has 4 aromatic rings. The number of thiazole rings is 1. The Morgan fingerprint density at radius 3 is 2.50 bits per heavy atom. The number of nitrogens with zero attached hydrogens (tertiary/aromatic N) is 3. The number of rotatable bonds is 4. The average molecular weight is 496 g/mol. The van der Waals surface area contributed by atoms with Gasteiger partial charge in [0.05, 0.1) is 9.72 Å². The molecule has 0 spiro atoms. The Kier molecular flexibility index (Phi) is 5.78. The number of thioether (sulfide) groups is 1. The largest absolute Gasteiger partial charge is 0.284 e. The molecule has 0 atom stereocenters. The number of amidine groups is 1. The molecule has 1 amide bonds. The number of carbonyl (C=O) groups excluding carboxylic acids is 1. The van der Waals surface area contributed by atoms with Gasteiger partial charge < -0.3 is 0 Å². The third kappa shape index (κ3) is 3.95. The van der Waals surface area contributed by atoms with Crippen LogP contribution in [0, 0.1) is 0 Å². The maximum Gasteiger partial charge on any atom is 0.284 e. The molecular formula is C24H15Cl2N3OS2. The number of anilines is 1. The first kappa shape index (κ1) is 21.2. The van der Waals surface area contributed by atoms with E-state index in [0.29, 0.717) is 32.2 Å². The van der Waals surface area contributed by atoms with Gasteiger partial charge in [0.15, 0.2) is 5.13 Å². The van der Waals surface area contributed by atoms with Crippen LogP contribution in [-0.2, 0) is 4.79 Å². The normalized spacial score (nSPS) is 15.1. The van der Waals surface area contributed by atoms with Crippen molar-refractivity contribution in [3.8, 4) is 0 Å². The van der Waals surface area contributed by atoms with Crippen LogP contribution in [0.15, 0.2) is 82.3 Å². The highest BCUT2D eigenvalue weighted by Crippen LogP contribution is 2.38. The van der Waals surface area contributed by atoms with E-state index in [1.54, 1.807) is 34.9 Å². The summed E-state index contributed by atoms with van der Waals surface area (Å²) in [5.74, 6) is 0.294. The van der Waals surface area contributed by atoms with Gasteiger partial charge in [-0.1, -0.05) is 77.0 Å². The van der Waals surface area contributed by atoms with E-state index in [9.17, 15) is 4.79 Å². The molecule has 0 radical (unpaired) electrons. The van der Waals surface area contributed by atoms with Crippen molar-refractivity contribution in [2.45, 2.75) is 4.90 Å². The quantitative estimate of drug-likeness (QED) is 0.223. The Morgan fingerprint density at radius 2 is 1.78 bits per heavy atom. The zero-order valence-electron chi connectivity index (χ0n) is 16.8. The number of benzene rings is 3. The molecule has 0 bridgehead atoms. The lowest BCUT2D eigenvalue weighted by atomic mass is 10.2. The molecule has 4 nitrogen and oxygen atoms in total. The van der Waals surface area contributed by atoms with Crippen LogP contribution in [0.2, 0.25) is 10.0 Å². The monoisotopic (exact) mass is 495 g/mol. The Bertz CT molecular complexity index is 1400. The van der Waals surface area contributed by atoms with Crippen LogP contribution >= 0.6 is 46.3 Å². The fraction of sp³-hybridized carbons (Fsp3) is 0.0417. The number of amides is 1. The maximum absolute atomic E-state index is 13.5. The summed E-state index contributed by atoms with van der Waals surface area (Å²) in [7, 11) is 0. The minimum Gasteiger partial charge on any atom is -0.266 e. The van der Waals surface area contributed by atoms with E-state index in [4.69, 9.17) is 28.2 Å². The Balaban J connectivity index is 1.62. The van der Waals surface area contributed by atoms with Crippen LogP contribution in [0.1, 0.15) is 11.1 Å². The van der Waals surface area contributed by atoms with E-state index < -0.39 is 0 Å². The molecule has 8 heteroatoms. The molecule has 1 aliphatic heterocycles. The van der Waals surface area contributed by atoms with Crippen molar-refractivity contribution in [3.05, 3.63) is 93.6 Å². The predicted molar refractivity (Wildman–Crippen MR) is 136 cm³/mol. The second kappa shape index (κ2) is 8.71. The summed E-state index contributed by atoms with van der Waals surface area (Å²) >= 11 is 15.5. The predicted octanol–water partition coefficient (Wildman–Crippen LogP) is 7.16. The Hall–Kier alpha value is -2.64. The zero-order chi connectivity index (χ0) is 22.2. The highest BCUT2D eigenvalue weighted by molar-refractivity contribution is 7.98. The van der Waals surface area contributed by atoms with Gasteiger partial charge in [0, 0.05) is 15.5 Å². The first-order valence-electron chi connectivity index (χ1n) is 9.63. The number of halogens is 2. The van der Waals surface area contributed by atoms with Crippen molar-refractivity contribution in [1.82, 2.24) is 4.98 Å². The van der Waals surface area contributed by atoms with Crippen LogP contribution in [0.25, 0.3) is 16.3 Å². The lowest BCUT2D eigenvalue weighted by Gasteiger charge is -2.14. The standard InChI is InChI=1S/C24H15Cl2N3OS2/c1-31-17-9-7-14(8-10-17)11-19-23(30)29(22(27-19)15-5-3-2-4-6-15)24-28-21-18(26)12-16(25)13-20(21)32-24/h2-13H,1H3/b19-11-. The van der Waals surface area contributed by atoms with E-state index in [-0.39, 0.29) is 5.91 Å². The van der Waals surface area contributed by atoms with Gasteiger partial charge in [-0.15, -0.1) is 11.8 Å². The molecule has 0 saturated carbocycles. The van der Waals surface area contributed by atoms with E-state index >= 15 is 0 Å². The molecule has 0 fully saturated rings. The number of hydrogen-bond donors (Lipinski definition) is 0. The molecule has 1 aromatic heterocycles. The van der Waals surface area contributed by atoms with Crippen molar-refractivity contribution in [2.75, 3.05) is 11.2 Å². The van der Waals surface area contributed by atoms with E-state index in [1.807, 2.05) is 60.9 Å². The summed E-state index contributed by atoms with van der Waals surface area (Å²) in [4.78, 5) is 25.5. The summed E-state index contributed by atoms with van der Waals surface area (Å²) < 4.78 is 0.808. The van der Waals surface area contributed by atoms with Crippen LogP contribution in [-0.4, -0.2) is 23.0 Å². The fourth-order valence-corrected chi connectivity index (χ4v) is 5.47. The number of aromatic nitrogens is 1. The molecule has 3 aromatic carbocycles. The maximum atomic E-state index is 13.5. The topological polar surface area (TPSA) is 45.6 Å².